The molecule has 0 atom stereocenters. The summed E-state index contributed by atoms with van der Waals surface area (Å²) in [6.07, 6.45) is 8.27. The Morgan fingerprint density at radius 2 is 1.94 bits per heavy atom. The smallest absolute Gasteiger partial charge is 0.0661 e. The second-order valence-corrected chi connectivity index (χ2v) is 8.80. The summed E-state index contributed by atoms with van der Waals surface area (Å²) in [6, 6.07) is 12.7. The van der Waals surface area contributed by atoms with Crippen molar-refractivity contribution in [3.8, 4) is 0 Å². The molecule has 5 heteroatoms. The second kappa shape index (κ2) is 8.27. The van der Waals surface area contributed by atoms with Crippen LogP contribution in [0, 0.1) is 13.8 Å². The highest BCUT2D eigenvalue weighted by Gasteiger charge is 2.17. The number of anilines is 3. The fourth-order valence-electron chi connectivity index (χ4n) is 4.60. The molecule has 3 N–H and O–H groups in total. The van der Waals surface area contributed by atoms with E-state index in [9.17, 15) is 0 Å². The van der Waals surface area contributed by atoms with Gasteiger partial charge in [0.1, 0.15) is 0 Å². The van der Waals surface area contributed by atoms with Crippen LogP contribution in [0.5, 0.6) is 0 Å². The van der Waals surface area contributed by atoms with E-state index in [-0.39, 0.29) is 0 Å². The van der Waals surface area contributed by atoms with Crippen molar-refractivity contribution in [3.63, 3.8) is 0 Å². The van der Waals surface area contributed by atoms with Gasteiger partial charge in [-0.15, -0.1) is 0 Å². The van der Waals surface area contributed by atoms with E-state index in [2.05, 4.69) is 64.9 Å². The Balaban J connectivity index is 1.29. The van der Waals surface area contributed by atoms with E-state index in [1.807, 2.05) is 18.3 Å². The van der Waals surface area contributed by atoms with Crippen LogP contribution >= 0.6 is 11.6 Å². The number of aromatic amines is 1. The number of hydrogen-bond donors (Lipinski definition) is 3. The van der Waals surface area contributed by atoms with Crippen molar-refractivity contribution in [1.29, 1.82) is 0 Å². The third-order valence-electron chi connectivity index (χ3n) is 6.29. The number of nitrogens with zero attached hydrogens (tertiary/aromatic N) is 1. The van der Waals surface area contributed by atoms with E-state index in [0.29, 0.717) is 0 Å². The van der Waals surface area contributed by atoms with Gasteiger partial charge >= 0.3 is 0 Å². The van der Waals surface area contributed by atoms with E-state index in [0.717, 1.165) is 47.9 Å². The van der Waals surface area contributed by atoms with Gasteiger partial charge in [0.15, 0.2) is 0 Å². The Morgan fingerprint density at radius 3 is 2.84 bits per heavy atom. The molecule has 31 heavy (non-hydrogen) atoms. The van der Waals surface area contributed by atoms with Crippen LogP contribution < -0.4 is 10.6 Å². The maximum atomic E-state index is 6.65. The number of hydrogen-bond acceptors (Lipinski definition) is 3. The van der Waals surface area contributed by atoms with Crippen LogP contribution in [-0.4, -0.2) is 16.5 Å². The second-order valence-electron chi connectivity index (χ2n) is 8.40. The quantitative estimate of drug-likeness (QED) is 0.318. The first kappa shape index (κ1) is 20.0. The average molecular weight is 431 g/mol. The van der Waals surface area contributed by atoms with E-state index in [1.54, 1.807) is 0 Å². The topological polar surface area (TPSA) is 52.7 Å². The Hall–Kier alpha value is -2.98. The summed E-state index contributed by atoms with van der Waals surface area (Å²) in [5.41, 5.74) is 10.7. The van der Waals surface area contributed by atoms with Gasteiger partial charge in [0.05, 0.1) is 10.7 Å². The molecule has 0 aliphatic heterocycles. The number of halogens is 1. The third-order valence-corrected chi connectivity index (χ3v) is 6.60. The zero-order chi connectivity index (χ0) is 21.4. The number of benzene rings is 2. The highest BCUT2D eigenvalue weighted by Crippen LogP contribution is 2.34. The van der Waals surface area contributed by atoms with Gasteiger partial charge in [-0.05, 0) is 80.0 Å². The van der Waals surface area contributed by atoms with Crippen molar-refractivity contribution in [3.05, 3.63) is 81.8 Å². The van der Waals surface area contributed by atoms with Crippen LogP contribution in [-0.2, 0) is 19.3 Å². The number of aryl methyl sites for hydroxylation is 3. The molecule has 0 saturated heterocycles. The normalized spacial score (nSPS) is 12.9. The lowest BCUT2D eigenvalue weighted by Gasteiger charge is -2.16. The van der Waals surface area contributed by atoms with Gasteiger partial charge in [-0.1, -0.05) is 29.8 Å². The molecule has 0 unspecified atom stereocenters. The highest BCUT2D eigenvalue weighted by molar-refractivity contribution is 6.33. The molecule has 2 heterocycles. The van der Waals surface area contributed by atoms with Gasteiger partial charge in [-0.3, -0.25) is 4.98 Å². The monoisotopic (exact) mass is 430 g/mol. The molecule has 4 nitrogen and oxygen atoms in total. The minimum atomic E-state index is 0.722. The molecule has 0 radical (unpaired) electrons. The maximum Gasteiger partial charge on any atom is 0.0661 e. The largest absolute Gasteiger partial charge is 0.384 e. The standard InChI is InChI=1S/C26H27ClN4/c1-16-5-3-6-19-18(15-30-26(16)19)9-11-29-24-14-21(27)25(13-17(24)2)31-23-10-12-28-22-8-4-7-20(22)23/h3,5-6,10,12-15,29-30H,4,7-9,11H2,1-2H3,(H,28,31). The van der Waals surface area contributed by atoms with Gasteiger partial charge in [-0.2, -0.15) is 0 Å². The number of nitrogens with one attached hydrogen (secondary N) is 3. The Labute approximate surface area is 188 Å². The van der Waals surface area contributed by atoms with E-state index in [1.165, 1.54) is 45.3 Å². The molecule has 2 aromatic carbocycles. The van der Waals surface area contributed by atoms with Crippen LogP contribution in [0.4, 0.5) is 17.1 Å². The van der Waals surface area contributed by atoms with Gasteiger partial charge in [0.25, 0.3) is 0 Å². The summed E-state index contributed by atoms with van der Waals surface area (Å²) in [7, 11) is 0. The van der Waals surface area contributed by atoms with Crippen LogP contribution in [0.1, 0.15) is 34.4 Å². The maximum absolute atomic E-state index is 6.65. The predicted octanol–water partition coefficient (Wildman–Crippen LogP) is 6.72. The fraction of sp³-hybridized carbons (Fsp3) is 0.269. The number of para-hydroxylation sites is 1. The molecule has 0 bridgehead atoms. The van der Waals surface area contributed by atoms with Crippen molar-refractivity contribution in [1.82, 2.24) is 9.97 Å². The lowest BCUT2D eigenvalue weighted by atomic mass is 10.1. The highest BCUT2D eigenvalue weighted by atomic mass is 35.5. The molecule has 158 valence electrons. The van der Waals surface area contributed by atoms with Gasteiger partial charge in [0.2, 0.25) is 0 Å². The molecule has 4 aromatic rings. The Morgan fingerprint density at radius 1 is 1.03 bits per heavy atom. The molecule has 5 rings (SSSR count). The molecule has 1 aliphatic carbocycles. The van der Waals surface area contributed by atoms with Crippen LogP contribution in [0.15, 0.2) is 48.8 Å². The van der Waals surface area contributed by atoms with Crippen molar-refractivity contribution in [2.45, 2.75) is 39.5 Å². The van der Waals surface area contributed by atoms with E-state index < -0.39 is 0 Å². The van der Waals surface area contributed by atoms with Crippen molar-refractivity contribution >= 4 is 39.6 Å². The molecule has 0 fully saturated rings. The molecule has 2 aromatic heterocycles. The SMILES string of the molecule is Cc1cc(Nc2ccnc3c2CCC3)c(Cl)cc1NCCc1c[nH]c2c(C)cccc12. The lowest BCUT2D eigenvalue weighted by Crippen LogP contribution is -2.06. The summed E-state index contributed by atoms with van der Waals surface area (Å²) < 4.78 is 0. The Kier molecular flexibility index (Phi) is 5.33. The van der Waals surface area contributed by atoms with E-state index in [4.69, 9.17) is 11.6 Å². The summed E-state index contributed by atoms with van der Waals surface area (Å²) >= 11 is 6.65. The van der Waals surface area contributed by atoms with Gasteiger partial charge in [-0.25, -0.2) is 0 Å². The third kappa shape index (κ3) is 3.88. The first-order chi connectivity index (χ1) is 15.1. The molecular formula is C26H27ClN4. The van der Waals surface area contributed by atoms with Crippen LogP contribution in [0.2, 0.25) is 5.02 Å². The van der Waals surface area contributed by atoms with Gasteiger partial charge in [0, 0.05) is 46.9 Å². The van der Waals surface area contributed by atoms with E-state index >= 15 is 0 Å². The first-order valence-electron chi connectivity index (χ1n) is 10.9. The number of rotatable bonds is 6. The summed E-state index contributed by atoms with van der Waals surface area (Å²) in [5.74, 6) is 0. The van der Waals surface area contributed by atoms with Crippen molar-refractivity contribution in [2.75, 3.05) is 17.2 Å². The fourth-order valence-corrected chi connectivity index (χ4v) is 4.81. The summed E-state index contributed by atoms with van der Waals surface area (Å²) in [6.45, 7) is 5.11. The zero-order valence-electron chi connectivity index (χ0n) is 18.0. The average Bonchev–Trinajstić information content (AvgIpc) is 3.40. The number of H-pyrrole nitrogens is 1. The first-order valence-corrected chi connectivity index (χ1v) is 11.3. The minimum absolute atomic E-state index is 0.722. The minimum Gasteiger partial charge on any atom is -0.384 e. The summed E-state index contributed by atoms with van der Waals surface area (Å²) in [5, 5.41) is 9.14. The molecule has 1 aliphatic rings. The molecule has 0 saturated carbocycles. The zero-order valence-corrected chi connectivity index (χ0v) is 18.7. The lowest BCUT2D eigenvalue weighted by molar-refractivity contribution is 0.899. The number of pyridine rings is 1. The van der Waals surface area contributed by atoms with Crippen molar-refractivity contribution < 1.29 is 0 Å². The summed E-state index contributed by atoms with van der Waals surface area (Å²) in [4.78, 5) is 7.92. The van der Waals surface area contributed by atoms with Crippen LogP contribution in [0.25, 0.3) is 10.9 Å². The van der Waals surface area contributed by atoms with Crippen molar-refractivity contribution in [2.24, 2.45) is 0 Å². The van der Waals surface area contributed by atoms with Gasteiger partial charge < -0.3 is 15.6 Å². The van der Waals surface area contributed by atoms with Crippen LogP contribution in [0.3, 0.4) is 0 Å². The molecular weight excluding hydrogens is 404 g/mol. The predicted molar refractivity (Wildman–Crippen MR) is 131 cm³/mol. The Bertz CT molecular complexity index is 1260. The molecule has 0 amide bonds. The number of fused-ring (bicyclic) bond motifs is 2. The number of aromatic nitrogens is 2. The molecule has 0 spiro atoms.